The summed E-state index contributed by atoms with van der Waals surface area (Å²) >= 11 is 0. The Kier molecular flexibility index (Phi) is 7.71. The third-order valence-corrected chi connectivity index (χ3v) is 13.9. The minimum absolute atomic E-state index is 0.592. The lowest BCUT2D eigenvalue weighted by molar-refractivity contribution is 0.665. The van der Waals surface area contributed by atoms with Crippen molar-refractivity contribution in [1.29, 1.82) is 0 Å². The molecule has 0 saturated heterocycles. The molecule has 1 aliphatic rings. The van der Waals surface area contributed by atoms with Crippen molar-refractivity contribution in [3.05, 3.63) is 223 Å². The second-order valence-electron chi connectivity index (χ2n) is 17.6. The van der Waals surface area contributed by atoms with Crippen LogP contribution in [-0.2, 0) is 0 Å². The molecule has 0 fully saturated rings. The smallest absolute Gasteiger partial charge is 0.160 e. The molecule has 10 aromatic carbocycles. The lowest BCUT2D eigenvalue weighted by Crippen LogP contribution is -2.34. The number of amidine groups is 2. The van der Waals surface area contributed by atoms with Gasteiger partial charge in [0.15, 0.2) is 5.84 Å². The van der Waals surface area contributed by atoms with E-state index in [1.54, 1.807) is 0 Å². The van der Waals surface area contributed by atoms with Gasteiger partial charge in [0, 0.05) is 71.0 Å². The fraction of sp³-hybridized carbons (Fsp3) is 0.0164. The van der Waals surface area contributed by atoms with Gasteiger partial charge in [0.05, 0.1) is 11.0 Å². The van der Waals surface area contributed by atoms with E-state index in [1.165, 1.54) is 21.5 Å². The van der Waals surface area contributed by atoms with Gasteiger partial charge in [0.25, 0.3) is 0 Å². The van der Waals surface area contributed by atoms with Crippen LogP contribution < -0.4 is 5.32 Å². The van der Waals surface area contributed by atoms with Gasteiger partial charge in [-0.15, -0.1) is 0 Å². The van der Waals surface area contributed by atoms with E-state index in [2.05, 4.69) is 149 Å². The summed E-state index contributed by atoms with van der Waals surface area (Å²) in [5.41, 5.74) is 12.9. The second kappa shape index (κ2) is 14.1. The van der Waals surface area contributed by atoms with E-state index in [9.17, 15) is 0 Å². The molecular formula is C61H36N4O3. The maximum absolute atomic E-state index is 6.83. The zero-order chi connectivity index (χ0) is 44.5. The Balaban J connectivity index is 1.01. The van der Waals surface area contributed by atoms with Gasteiger partial charge in [0.1, 0.15) is 45.5 Å². The normalized spacial score (nSPS) is 14.3. The highest BCUT2D eigenvalue weighted by molar-refractivity contribution is 6.25. The summed E-state index contributed by atoms with van der Waals surface area (Å²) in [5, 5.41) is 14.8. The number of nitrogens with zero attached hydrogens (tertiary/aromatic N) is 3. The monoisotopic (exact) mass is 872 g/mol. The molecule has 7 nitrogen and oxygen atoms in total. The van der Waals surface area contributed by atoms with Gasteiger partial charge in [-0.1, -0.05) is 146 Å². The molecule has 14 aromatic rings. The summed E-state index contributed by atoms with van der Waals surface area (Å²) in [5.74, 6) is 1.28. The van der Waals surface area contributed by atoms with E-state index < -0.39 is 6.17 Å². The third-order valence-electron chi connectivity index (χ3n) is 13.9. The van der Waals surface area contributed by atoms with Crippen molar-refractivity contribution in [2.24, 2.45) is 9.98 Å². The first-order chi connectivity index (χ1) is 33.7. The highest BCUT2D eigenvalue weighted by Crippen LogP contribution is 2.43. The molecule has 0 radical (unpaired) electrons. The van der Waals surface area contributed by atoms with Crippen LogP contribution in [-0.4, -0.2) is 16.2 Å². The summed E-state index contributed by atoms with van der Waals surface area (Å²) in [7, 11) is 0. The van der Waals surface area contributed by atoms with Crippen molar-refractivity contribution in [2.75, 3.05) is 0 Å². The van der Waals surface area contributed by atoms with Crippen molar-refractivity contribution in [3.63, 3.8) is 0 Å². The number of benzene rings is 10. The van der Waals surface area contributed by atoms with Crippen LogP contribution in [0.3, 0.4) is 0 Å². The Morgan fingerprint density at radius 1 is 0.397 bits per heavy atom. The molecule has 0 saturated carbocycles. The standard InChI is InChI=1S/C61H36N4O3/c1-2-15-36-33-50-48(32-35(36)14-1)38-16-3-7-24-49(38)65(50)37-30-31-42(47(34-37)41-21-11-20-40-39-17-4-8-25-51(39)68-58(40)41)59-62-60(45-22-12-28-54-56(45)43-18-5-9-26-52(43)66-54)64-61(63-59)46-23-13-29-55-57(46)44-19-6-10-27-53(44)67-55/h1-34,59H,(H,62,63,64). The summed E-state index contributed by atoms with van der Waals surface area (Å²) in [6.45, 7) is 0. The topological polar surface area (TPSA) is 81.1 Å². The van der Waals surface area contributed by atoms with Crippen LogP contribution in [0.15, 0.2) is 229 Å². The Morgan fingerprint density at radius 3 is 1.74 bits per heavy atom. The Bertz CT molecular complexity index is 4500. The number of nitrogens with one attached hydrogen (secondary N) is 1. The van der Waals surface area contributed by atoms with Gasteiger partial charge in [-0.2, -0.15) is 0 Å². The van der Waals surface area contributed by atoms with Crippen LogP contribution in [0.4, 0.5) is 0 Å². The molecule has 1 aliphatic heterocycles. The average molecular weight is 873 g/mol. The van der Waals surface area contributed by atoms with Crippen molar-refractivity contribution in [3.8, 4) is 16.8 Å². The number of rotatable bonds is 5. The molecule has 0 aliphatic carbocycles. The molecule has 4 aromatic heterocycles. The second-order valence-corrected chi connectivity index (χ2v) is 17.6. The summed E-state index contributed by atoms with van der Waals surface area (Å²) in [6.07, 6.45) is -0.592. The highest BCUT2D eigenvalue weighted by Gasteiger charge is 2.29. The van der Waals surface area contributed by atoms with E-state index >= 15 is 0 Å². The maximum Gasteiger partial charge on any atom is 0.160 e. The van der Waals surface area contributed by atoms with Crippen molar-refractivity contribution < 1.29 is 13.3 Å². The molecule has 1 unspecified atom stereocenters. The number of fused-ring (bicyclic) bond motifs is 13. The van der Waals surface area contributed by atoms with Crippen LogP contribution in [0.1, 0.15) is 22.9 Å². The molecule has 0 amide bonds. The number of hydrogen-bond donors (Lipinski definition) is 1. The van der Waals surface area contributed by atoms with Gasteiger partial charge < -0.3 is 23.1 Å². The fourth-order valence-corrected chi connectivity index (χ4v) is 10.8. The van der Waals surface area contributed by atoms with Gasteiger partial charge in [0.2, 0.25) is 0 Å². The van der Waals surface area contributed by atoms with Crippen LogP contribution in [0.5, 0.6) is 0 Å². The van der Waals surface area contributed by atoms with Crippen LogP contribution >= 0.6 is 0 Å². The molecule has 5 heterocycles. The molecule has 0 bridgehead atoms. The zero-order valence-electron chi connectivity index (χ0n) is 36.3. The minimum atomic E-state index is -0.592. The Hall–Kier alpha value is -9.20. The first kappa shape index (κ1) is 37.1. The van der Waals surface area contributed by atoms with Crippen molar-refractivity contribution >= 4 is 110 Å². The van der Waals surface area contributed by atoms with Crippen molar-refractivity contribution in [1.82, 2.24) is 9.88 Å². The number of hydrogen-bond acceptors (Lipinski definition) is 6. The molecule has 68 heavy (non-hydrogen) atoms. The minimum Gasteiger partial charge on any atom is -0.456 e. The molecule has 1 atom stereocenters. The maximum atomic E-state index is 6.83. The first-order valence-corrected chi connectivity index (χ1v) is 22.9. The molecule has 318 valence electrons. The lowest BCUT2D eigenvalue weighted by Gasteiger charge is -2.26. The fourth-order valence-electron chi connectivity index (χ4n) is 10.8. The SMILES string of the molecule is c1ccc2cc3c(cc2c1)c1ccccc1n3-c1ccc(C2N=C(c3cccc4oc5ccccc5c34)N=C(c3cccc4oc5ccccc5c34)N2)c(-c2cccc3c2oc2ccccc23)c1. The van der Waals surface area contributed by atoms with Crippen LogP contribution in [0, 0.1) is 0 Å². The number of furan rings is 3. The highest BCUT2D eigenvalue weighted by atomic mass is 16.3. The number of aliphatic imine (C=N–C) groups is 2. The van der Waals surface area contributed by atoms with E-state index in [1.807, 2.05) is 66.7 Å². The summed E-state index contributed by atoms with van der Waals surface area (Å²) in [6, 6.07) is 72.1. The first-order valence-electron chi connectivity index (χ1n) is 22.9. The van der Waals surface area contributed by atoms with E-state index in [0.717, 1.165) is 110 Å². The van der Waals surface area contributed by atoms with Gasteiger partial charge in [-0.05, 0) is 77.0 Å². The predicted octanol–water partition coefficient (Wildman–Crippen LogP) is 15.8. The van der Waals surface area contributed by atoms with Crippen LogP contribution in [0.2, 0.25) is 0 Å². The summed E-state index contributed by atoms with van der Waals surface area (Å²) in [4.78, 5) is 11.1. The average Bonchev–Trinajstić information content (AvgIpc) is 4.16. The number of para-hydroxylation sites is 5. The number of aromatic nitrogens is 1. The third kappa shape index (κ3) is 5.41. The molecule has 15 rings (SSSR count). The van der Waals surface area contributed by atoms with E-state index in [4.69, 9.17) is 23.2 Å². The Morgan fingerprint density at radius 2 is 0.971 bits per heavy atom. The van der Waals surface area contributed by atoms with Crippen molar-refractivity contribution in [2.45, 2.75) is 6.17 Å². The largest absolute Gasteiger partial charge is 0.456 e. The van der Waals surface area contributed by atoms with Gasteiger partial charge in [-0.3, -0.25) is 0 Å². The molecule has 1 N–H and O–H groups in total. The molecule has 7 heteroatoms. The van der Waals surface area contributed by atoms with Gasteiger partial charge >= 0.3 is 0 Å². The molecular weight excluding hydrogens is 837 g/mol. The lowest BCUT2D eigenvalue weighted by atomic mass is 9.94. The van der Waals surface area contributed by atoms with Crippen LogP contribution in [0.25, 0.3) is 115 Å². The van der Waals surface area contributed by atoms with E-state index in [0.29, 0.717) is 11.7 Å². The quantitative estimate of drug-likeness (QED) is 0.187. The molecule has 0 spiro atoms. The Labute approximate surface area is 387 Å². The summed E-state index contributed by atoms with van der Waals surface area (Å²) < 4.78 is 22.1. The zero-order valence-corrected chi connectivity index (χ0v) is 36.3. The van der Waals surface area contributed by atoms with E-state index in [-0.39, 0.29) is 0 Å². The van der Waals surface area contributed by atoms with Gasteiger partial charge in [-0.25, -0.2) is 9.98 Å². The predicted molar refractivity (Wildman–Crippen MR) is 277 cm³/mol.